The Morgan fingerprint density at radius 2 is 2.00 bits per heavy atom. The Bertz CT molecular complexity index is 668. The van der Waals surface area contributed by atoms with Crippen LogP contribution in [0.3, 0.4) is 0 Å². The zero-order valence-corrected chi connectivity index (χ0v) is 14.1. The van der Waals surface area contributed by atoms with Gasteiger partial charge in [-0.25, -0.2) is 0 Å². The van der Waals surface area contributed by atoms with E-state index in [0.29, 0.717) is 6.54 Å². The molecule has 4 heteroatoms. The molecule has 2 heterocycles. The number of furan rings is 1. The summed E-state index contributed by atoms with van der Waals surface area (Å²) in [4.78, 5) is 14.5. The van der Waals surface area contributed by atoms with Gasteiger partial charge in [0.25, 0.3) is 0 Å². The Morgan fingerprint density at radius 1 is 1.25 bits per heavy atom. The summed E-state index contributed by atoms with van der Waals surface area (Å²) in [6.45, 7) is 4.72. The molecule has 1 N–H and O–H groups in total. The number of rotatable bonds is 6. The van der Waals surface area contributed by atoms with Crippen LogP contribution in [0.4, 0.5) is 0 Å². The summed E-state index contributed by atoms with van der Waals surface area (Å²) in [5.41, 5.74) is 2.24. The van der Waals surface area contributed by atoms with Crippen molar-refractivity contribution in [3.63, 3.8) is 0 Å². The third-order valence-electron chi connectivity index (χ3n) is 4.43. The molecule has 1 aliphatic rings. The summed E-state index contributed by atoms with van der Waals surface area (Å²) in [5, 5.41) is 3.00. The Morgan fingerprint density at radius 3 is 2.67 bits per heavy atom. The number of carbonyl (C=O) groups excluding carboxylic acids is 1. The molecule has 1 fully saturated rings. The fourth-order valence-corrected chi connectivity index (χ4v) is 3.05. The van der Waals surface area contributed by atoms with Crippen molar-refractivity contribution in [2.45, 2.75) is 25.8 Å². The predicted molar refractivity (Wildman–Crippen MR) is 95.5 cm³/mol. The Labute approximate surface area is 143 Å². The lowest BCUT2D eigenvalue weighted by atomic mass is 10.1. The van der Waals surface area contributed by atoms with Gasteiger partial charge in [0.05, 0.1) is 12.3 Å². The van der Waals surface area contributed by atoms with Gasteiger partial charge in [0, 0.05) is 12.6 Å². The fourth-order valence-electron chi connectivity index (χ4n) is 3.05. The molecule has 1 aromatic heterocycles. The first-order valence-electron chi connectivity index (χ1n) is 8.52. The molecule has 4 nitrogen and oxygen atoms in total. The third-order valence-corrected chi connectivity index (χ3v) is 4.43. The molecule has 0 aliphatic carbocycles. The zero-order chi connectivity index (χ0) is 16.8. The predicted octanol–water partition coefficient (Wildman–Crippen LogP) is 3.55. The van der Waals surface area contributed by atoms with E-state index < -0.39 is 0 Å². The zero-order valence-electron chi connectivity index (χ0n) is 14.1. The molecule has 1 atom stereocenters. The van der Waals surface area contributed by atoms with E-state index in [-0.39, 0.29) is 11.9 Å². The van der Waals surface area contributed by atoms with Crippen LogP contribution in [0.25, 0.3) is 6.08 Å². The van der Waals surface area contributed by atoms with Gasteiger partial charge in [-0.05, 0) is 56.6 Å². The number of hydrogen-bond acceptors (Lipinski definition) is 3. The quantitative estimate of drug-likeness (QED) is 0.827. The molecule has 126 valence electrons. The van der Waals surface area contributed by atoms with Gasteiger partial charge in [-0.3, -0.25) is 9.69 Å². The standard InChI is InChI=1S/C20H24N2O2/c1-16-6-8-17(9-7-16)10-11-20(23)21-15-18(19-5-4-14-24-19)22-12-2-3-13-22/h4-11,14,18H,2-3,12-13,15H2,1H3,(H,21,23)/b11-10+. The lowest BCUT2D eigenvalue weighted by Gasteiger charge is -2.25. The van der Waals surface area contributed by atoms with E-state index in [1.54, 1.807) is 12.3 Å². The maximum absolute atomic E-state index is 12.1. The van der Waals surface area contributed by atoms with Gasteiger partial charge in [-0.15, -0.1) is 0 Å². The van der Waals surface area contributed by atoms with E-state index >= 15 is 0 Å². The van der Waals surface area contributed by atoms with Crippen LogP contribution in [0.5, 0.6) is 0 Å². The Balaban J connectivity index is 1.57. The van der Waals surface area contributed by atoms with E-state index in [4.69, 9.17) is 4.42 Å². The van der Waals surface area contributed by atoms with Crippen molar-refractivity contribution in [2.24, 2.45) is 0 Å². The van der Waals surface area contributed by atoms with E-state index in [0.717, 1.165) is 24.4 Å². The first-order chi connectivity index (χ1) is 11.7. The van der Waals surface area contributed by atoms with Gasteiger partial charge in [0.15, 0.2) is 0 Å². The number of nitrogens with zero attached hydrogens (tertiary/aromatic N) is 1. The Kier molecular flexibility index (Phi) is 5.49. The lowest BCUT2D eigenvalue weighted by Crippen LogP contribution is -2.36. The minimum Gasteiger partial charge on any atom is -0.468 e. The second kappa shape index (κ2) is 7.97. The molecule has 0 radical (unpaired) electrons. The largest absolute Gasteiger partial charge is 0.468 e. The molecule has 1 saturated heterocycles. The molecule has 2 aromatic rings. The number of nitrogens with one attached hydrogen (secondary N) is 1. The fraction of sp³-hybridized carbons (Fsp3) is 0.350. The molecular weight excluding hydrogens is 300 g/mol. The highest BCUT2D eigenvalue weighted by molar-refractivity contribution is 5.91. The number of likely N-dealkylation sites (tertiary alicyclic amines) is 1. The van der Waals surface area contributed by atoms with Crippen molar-refractivity contribution in [1.29, 1.82) is 0 Å². The molecule has 3 rings (SSSR count). The molecule has 0 spiro atoms. The van der Waals surface area contributed by atoms with E-state index in [9.17, 15) is 4.79 Å². The maximum atomic E-state index is 12.1. The Hall–Kier alpha value is -2.33. The van der Waals surface area contributed by atoms with E-state index in [2.05, 4.69) is 10.2 Å². The molecule has 1 amide bonds. The molecule has 1 aromatic carbocycles. The number of benzene rings is 1. The van der Waals surface area contributed by atoms with Crippen molar-refractivity contribution in [1.82, 2.24) is 10.2 Å². The SMILES string of the molecule is Cc1ccc(/C=C/C(=O)NCC(c2ccco2)N2CCCC2)cc1. The summed E-state index contributed by atoms with van der Waals surface area (Å²) in [7, 11) is 0. The number of carbonyl (C=O) groups is 1. The van der Waals surface area contributed by atoms with Crippen LogP contribution in [0, 0.1) is 6.92 Å². The second-order valence-corrected chi connectivity index (χ2v) is 6.26. The molecule has 24 heavy (non-hydrogen) atoms. The molecule has 0 saturated carbocycles. The van der Waals surface area contributed by atoms with Gasteiger partial charge >= 0.3 is 0 Å². The minimum absolute atomic E-state index is 0.0775. The minimum atomic E-state index is -0.0775. The van der Waals surface area contributed by atoms with Crippen molar-refractivity contribution >= 4 is 12.0 Å². The normalized spacial score (nSPS) is 16.5. The molecular formula is C20H24N2O2. The summed E-state index contributed by atoms with van der Waals surface area (Å²) in [6, 6.07) is 12.1. The first-order valence-corrected chi connectivity index (χ1v) is 8.52. The number of hydrogen-bond donors (Lipinski definition) is 1. The van der Waals surface area contributed by atoms with Gasteiger partial charge in [0.1, 0.15) is 5.76 Å². The highest BCUT2D eigenvalue weighted by Gasteiger charge is 2.25. The summed E-state index contributed by atoms with van der Waals surface area (Å²) in [6.07, 6.45) is 7.54. The first kappa shape index (κ1) is 16.5. The molecule has 1 aliphatic heterocycles. The number of aryl methyl sites for hydroxylation is 1. The maximum Gasteiger partial charge on any atom is 0.244 e. The summed E-state index contributed by atoms with van der Waals surface area (Å²) < 4.78 is 5.57. The van der Waals surface area contributed by atoms with E-state index in [1.165, 1.54) is 18.4 Å². The van der Waals surface area contributed by atoms with Gasteiger partial charge in [-0.2, -0.15) is 0 Å². The van der Waals surface area contributed by atoms with Gasteiger partial charge < -0.3 is 9.73 Å². The van der Waals surface area contributed by atoms with E-state index in [1.807, 2.05) is 49.4 Å². The third kappa shape index (κ3) is 4.36. The highest BCUT2D eigenvalue weighted by atomic mass is 16.3. The van der Waals surface area contributed by atoms with Crippen molar-refractivity contribution in [3.8, 4) is 0 Å². The van der Waals surface area contributed by atoms with Crippen LogP contribution in [-0.2, 0) is 4.79 Å². The summed E-state index contributed by atoms with van der Waals surface area (Å²) in [5.74, 6) is 0.839. The highest BCUT2D eigenvalue weighted by Crippen LogP contribution is 2.24. The van der Waals surface area contributed by atoms with Crippen LogP contribution in [-0.4, -0.2) is 30.4 Å². The van der Waals surface area contributed by atoms with Crippen molar-refractivity contribution < 1.29 is 9.21 Å². The molecule has 1 unspecified atom stereocenters. The average Bonchev–Trinajstić information content (AvgIpc) is 3.29. The average molecular weight is 324 g/mol. The smallest absolute Gasteiger partial charge is 0.244 e. The van der Waals surface area contributed by atoms with Crippen LogP contribution in [0.1, 0.15) is 35.8 Å². The number of amides is 1. The van der Waals surface area contributed by atoms with Crippen LogP contribution in [0.2, 0.25) is 0 Å². The molecule has 0 bridgehead atoms. The van der Waals surface area contributed by atoms with Crippen molar-refractivity contribution in [3.05, 3.63) is 65.6 Å². The topological polar surface area (TPSA) is 45.5 Å². The van der Waals surface area contributed by atoms with Gasteiger partial charge in [-0.1, -0.05) is 29.8 Å². The van der Waals surface area contributed by atoms with Crippen LogP contribution in [0.15, 0.2) is 53.2 Å². The van der Waals surface area contributed by atoms with Crippen LogP contribution >= 0.6 is 0 Å². The second-order valence-electron chi connectivity index (χ2n) is 6.26. The van der Waals surface area contributed by atoms with Gasteiger partial charge in [0.2, 0.25) is 5.91 Å². The lowest BCUT2D eigenvalue weighted by molar-refractivity contribution is -0.116. The van der Waals surface area contributed by atoms with Crippen LogP contribution < -0.4 is 5.32 Å². The monoisotopic (exact) mass is 324 g/mol. The van der Waals surface area contributed by atoms with Crippen molar-refractivity contribution in [2.75, 3.05) is 19.6 Å². The summed E-state index contributed by atoms with van der Waals surface area (Å²) >= 11 is 0.